The number of esters is 1. The Morgan fingerprint density at radius 3 is 2.39 bits per heavy atom. The van der Waals surface area contributed by atoms with Crippen LogP contribution < -0.4 is 5.32 Å². The van der Waals surface area contributed by atoms with Gasteiger partial charge in [0.05, 0.1) is 12.7 Å². The summed E-state index contributed by atoms with van der Waals surface area (Å²) in [5.74, 6) is -2.30. The molecule has 1 aromatic rings. The van der Waals surface area contributed by atoms with Crippen LogP contribution in [-0.4, -0.2) is 19.0 Å². The molecule has 0 saturated heterocycles. The number of hydrogen-bond acceptors (Lipinski definition) is 3. The number of anilines is 1. The van der Waals surface area contributed by atoms with Gasteiger partial charge in [-0.1, -0.05) is 6.07 Å². The van der Waals surface area contributed by atoms with Gasteiger partial charge in [-0.2, -0.15) is 13.2 Å². The molecule has 0 atom stereocenters. The van der Waals surface area contributed by atoms with Crippen molar-refractivity contribution in [3.05, 3.63) is 29.3 Å². The minimum atomic E-state index is -4.52. The number of hydrogen-bond donors (Lipinski definition) is 1. The first kappa shape index (κ1) is 14.0. The SMILES string of the molecule is COC(=O)C(=O)Nc1cc(C(F)(F)F)ccc1C. The number of carbonyl (C=O) groups is 2. The van der Waals surface area contributed by atoms with E-state index < -0.39 is 23.6 Å². The summed E-state index contributed by atoms with van der Waals surface area (Å²) in [5.41, 5.74) is -0.589. The average molecular weight is 261 g/mol. The van der Waals surface area contributed by atoms with Crippen LogP contribution >= 0.6 is 0 Å². The fraction of sp³-hybridized carbons (Fsp3) is 0.273. The summed E-state index contributed by atoms with van der Waals surface area (Å²) < 4.78 is 41.5. The maximum absolute atomic E-state index is 12.5. The van der Waals surface area contributed by atoms with Crippen molar-refractivity contribution in [1.82, 2.24) is 0 Å². The lowest BCUT2D eigenvalue weighted by atomic mass is 10.1. The molecule has 1 N–H and O–H groups in total. The lowest BCUT2D eigenvalue weighted by molar-refractivity contribution is -0.150. The third-order valence-electron chi connectivity index (χ3n) is 2.18. The molecule has 0 fully saturated rings. The second-order valence-electron chi connectivity index (χ2n) is 3.47. The Morgan fingerprint density at radius 2 is 1.89 bits per heavy atom. The highest BCUT2D eigenvalue weighted by atomic mass is 19.4. The van der Waals surface area contributed by atoms with Crippen molar-refractivity contribution >= 4 is 17.6 Å². The van der Waals surface area contributed by atoms with E-state index in [9.17, 15) is 22.8 Å². The zero-order chi connectivity index (χ0) is 13.9. The quantitative estimate of drug-likeness (QED) is 0.622. The van der Waals surface area contributed by atoms with E-state index in [1.54, 1.807) is 0 Å². The van der Waals surface area contributed by atoms with Crippen LogP contribution in [0.2, 0.25) is 0 Å². The highest BCUT2D eigenvalue weighted by molar-refractivity contribution is 6.37. The van der Waals surface area contributed by atoms with Gasteiger partial charge < -0.3 is 10.1 Å². The molecule has 1 rings (SSSR count). The van der Waals surface area contributed by atoms with Crippen molar-refractivity contribution in [2.45, 2.75) is 13.1 Å². The second kappa shape index (κ2) is 5.07. The third kappa shape index (κ3) is 3.22. The van der Waals surface area contributed by atoms with Crippen LogP contribution in [0, 0.1) is 6.92 Å². The lowest BCUT2D eigenvalue weighted by Gasteiger charge is -2.11. The van der Waals surface area contributed by atoms with E-state index in [1.165, 1.54) is 13.0 Å². The standard InChI is InChI=1S/C11H10F3NO3/c1-6-3-4-7(11(12,13)14)5-8(6)15-9(16)10(17)18-2/h3-5H,1-2H3,(H,15,16). The predicted molar refractivity (Wildman–Crippen MR) is 56.8 cm³/mol. The number of amides is 1. The Balaban J connectivity index is 3.02. The minimum Gasteiger partial charge on any atom is -0.462 e. The molecule has 0 aromatic heterocycles. The Morgan fingerprint density at radius 1 is 1.28 bits per heavy atom. The van der Waals surface area contributed by atoms with Gasteiger partial charge in [0.25, 0.3) is 0 Å². The van der Waals surface area contributed by atoms with Gasteiger partial charge in [0.2, 0.25) is 0 Å². The van der Waals surface area contributed by atoms with E-state index >= 15 is 0 Å². The molecule has 18 heavy (non-hydrogen) atoms. The van der Waals surface area contributed by atoms with Gasteiger partial charge in [-0.05, 0) is 24.6 Å². The Labute approximate surface area is 101 Å². The first-order valence-electron chi connectivity index (χ1n) is 4.83. The van der Waals surface area contributed by atoms with Crippen LogP contribution in [-0.2, 0) is 20.5 Å². The highest BCUT2D eigenvalue weighted by Gasteiger charge is 2.31. The molecule has 0 spiro atoms. The van der Waals surface area contributed by atoms with Gasteiger partial charge in [0.1, 0.15) is 0 Å². The molecule has 1 aromatic carbocycles. The van der Waals surface area contributed by atoms with Gasteiger partial charge in [0, 0.05) is 5.69 Å². The first-order valence-corrected chi connectivity index (χ1v) is 4.83. The van der Waals surface area contributed by atoms with Crippen molar-refractivity contribution in [1.29, 1.82) is 0 Å². The number of benzene rings is 1. The van der Waals surface area contributed by atoms with Gasteiger partial charge in [-0.15, -0.1) is 0 Å². The Hall–Kier alpha value is -2.05. The normalized spacial score (nSPS) is 10.9. The number of halogens is 3. The summed E-state index contributed by atoms with van der Waals surface area (Å²) in [7, 11) is 1.00. The molecule has 0 saturated carbocycles. The van der Waals surface area contributed by atoms with E-state index in [0.717, 1.165) is 19.2 Å². The summed E-state index contributed by atoms with van der Waals surface area (Å²) >= 11 is 0. The van der Waals surface area contributed by atoms with Gasteiger partial charge in [0.15, 0.2) is 0 Å². The summed E-state index contributed by atoms with van der Waals surface area (Å²) in [6.45, 7) is 1.51. The van der Waals surface area contributed by atoms with Crippen LogP contribution in [0.25, 0.3) is 0 Å². The average Bonchev–Trinajstić information content (AvgIpc) is 2.29. The maximum Gasteiger partial charge on any atom is 0.416 e. The fourth-order valence-corrected chi connectivity index (χ4v) is 1.20. The smallest absolute Gasteiger partial charge is 0.416 e. The second-order valence-corrected chi connectivity index (χ2v) is 3.47. The molecule has 0 aliphatic rings. The van der Waals surface area contributed by atoms with E-state index in [0.29, 0.717) is 5.56 Å². The topological polar surface area (TPSA) is 55.4 Å². The van der Waals surface area contributed by atoms with Gasteiger partial charge in [-0.25, -0.2) is 4.79 Å². The van der Waals surface area contributed by atoms with E-state index in [1.807, 2.05) is 0 Å². The van der Waals surface area contributed by atoms with Crippen molar-refractivity contribution in [2.24, 2.45) is 0 Å². The van der Waals surface area contributed by atoms with E-state index in [4.69, 9.17) is 0 Å². The molecular formula is C11H10F3NO3. The monoisotopic (exact) mass is 261 g/mol. The Bertz CT molecular complexity index is 483. The van der Waals surface area contributed by atoms with Crippen LogP contribution in [0.5, 0.6) is 0 Å². The molecule has 1 amide bonds. The van der Waals surface area contributed by atoms with Crippen LogP contribution in [0.1, 0.15) is 11.1 Å². The summed E-state index contributed by atoms with van der Waals surface area (Å²) in [6.07, 6.45) is -4.52. The molecule has 0 unspecified atom stereocenters. The molecule has 0 aliphatic carbocycles. The van der Waals surface area contributed by atoms with Crippen molar-refractivity contribution < 1.29 is 27.5 Å². The first-order chi connectivity index (χ1) is 8.25. The summed E-state index contributed by atoms with van der Waals surface area (Å²) in [5, 5.41) is 2.06. The molecule has 0 heterocycles. The largest absolute Gasteiger partial charge is 0.462 e. The van der Waals surface area contributed by atoms with Crippen LogP contribution in [0.4, 0.5) is 18.9 Å². The molecule has 4 nitrogen and oxygen atoms in total. The van der Waals surface area contributed by atoms with Crippen LogP contribution in [0.15, 0.2) is 18.2 Å². The van der Waals surface area contributed by atoms with Crippen LogP contribution in [0.3, 0.4) is 0 Å². The number of nitrogens with one attached hydrogen (secondary N) is 1. The minimum absolute atomic E-state index is 0.0831. The molecule has 0 radical (unpaired) electrons. The van der Waals surface area contributed by atoms with E-state index in [2.05, 4.69) is 10.1 Å². The third-order valence-corrected chi connectivity index (χ3v) is 2.18. The summed E-state index contributed by atoms with van der Waals surface area (Å²) in [4.78, 5) is 22.0. The summed E-state index contributed by atoms with van der Waals surface area (Å²) in [6, 6.07) is 2.86. The number of methoxy groups -OCH3 is 1. The lowest BCUT2D eigenvalue weighted by Crippen LogP contribution is -2.24. The zero-order valence-electron chi connectivity index (χ0n) is 9.59. The molecule has 0 bridgehead atoms. The predicted octanol–water partition coefficient (Wildman–Crippen LogP) is 2.13. The fourth-order valence-electron chi connectivity index (χ4n) is 1.20. The molecule has 7 heteroatoms. The van der Waals surface area contributed by atoms with Gasteiger partial charge >= 0.3 is 18.1 Å². The van der Waals surface area contributed by atoms with Gasteiger partial charge in [-0.3, -0.25) is 4.79 Å². The molecule has 98 valence electrons. The Kier molecular flexibility index (Phi) is 3.95. The molecule has 0 aliphatic heterocycles. The number of ether oxygens (including phenoxy) is 1. The number of carbonyl (C=O) groups excluding carboxylic acids is 2. The number of aryl methyl sites for hydroxylation is 1. The maximum atomic E-state index is 12.5. The van der Waals surface area contributed by atoms with Crippen molar-refractivity contribution in [3.63, 3.8) is 0 Å². The molecular weight excluding hydrogens is 251 g/mol. The highest BCUT2D eigenvalue weighted by Crippen LogP contribution is 2.31. The number of rotatable bonds is 1. The van der Waals surface area contributed by atoms with Crippen molar-refractivity contribution in [3.8, 4) is 0 Å². The van der Waals surface area contributed by atoms with E-state index in [-0.39, 0.29) is 5.69 Å². The number of alkyl halides is 3. The zero-order valence-corrected chi connectivity index (χ0v) is 9.59. The van der Waals surface area contributed by atoms with Crippen molar-refractivity contribution in [2.75, 3.05) is 12.4 Å².